The molecule has 1 aromatic carbocycles. The number of carbonyl (C=O) groups excluding carboxylic acids is 1. The van der Waals surface area contributed by atoms with Crippen LogP contribution in [0.25, 0.3) is 0 Å². The smallest absolute Gasteiger partial charge is 0.310 e. The summed E-state index contributed by atoms with van der Waals surface area (Å²) in [7, 11) is 1.57. The average molecular weight is 370 g/mol. The summed E-state index contributed by atoms with van der Waals surface area (Å²) in [5, 5.41) is 0. The van der Waals surface area contributed by atoms with Gasteiger partial charge in [0.1, 0.15) is 0 Å². The Morgan fingerprint density at radius 3 is 2.37 bits per heavy atom. The Bertz CT molecular complexity index is 621. The fourth-order valence-corrected chi connectivity index (χ4v) is 6.32. The predicted molar refractivity (Wildman–Crippen MR) is 108 cm³/mol. The van der Waals surface area contributed by atoms with E-state index < -0.39 is 0 Å². The molecule has 3 aliphatic rings. The van der Waals surface area contributed by atoms with Crippen LogP contribution in [-0.2, 0) is 16.1 Å². The van der Waals surface area contributed by atoms with E-state index in [4.69, 9.17) is 4.74 Å². The molecule has 3 fully saturated rings. The molecule has 3 unspecified atom stereocenters. The van der Waals surface area contributed by atoms with Crippen LogP contribution < -0.4 is 0 Å². The van der Waals surface area contributed by atoms with Crippen LogP contribution in [0.1, 0.15) is 69.8 Å². The maximum Gasteiger partial charge on any atom is 0.310 e. The van der Waals surface area contributed by atoms with Crippen LogP contribution in [0.5, 0.6) is 0 Å². The molecule has 4 rings (SSSR count). The predicted octanol–water partition coefficient (Wildman–Crippen LogP) is 5.19. The molecule has 1 aliphatic heterocycles. The van der Waals surface area contributed by atoms with Gasteiger partial charge >= 0.3 is 5.97 Å². The highest BCUT2D eigenvalue weighted by Gasteiger charge is 2.73. The second-order valence-electron chi connectivity index (χ2n) is 8.99. The van der Waals surface area contributed by atoms with Crippen LogP contribution in [0, 0.1) is 17.8 Å². The molecule has 0 amide bonds. The number of nitrogens with zero attached hydrogens (tertiary/aromatic N) is 1. The zero-order valence-electron chi connectivity index (χ0n) is 16.9. The Kier molecular flexibility index (Phi) is 5.87. The van der Waals surface area contributed by atoms with Gasteiger partial charge in [-0.3, -0.25) is 9.69 Å². The Balaban J connectivity index is 1.56. The molecule has 1 saturated heterocycles. The lowest BCUT2D eigenvalue weighted by Crippen LogP contribution is -2.36. The summed E-state index contributed by atoms with van der Waals surface area (Å²) in [6.07, 6.45) is 13.2. The first-order chi connectivity index (χ1) is 13.3. The molecule has 1 aromatic rings. The van der Waals surface area contributed by atoms with Crippen molar-refractivity contribution in [1.82, 2.24) is 4.90 Å². The van der Waals surface area contributed by atoms with E-state index >= 15 is 0 Å². The highest BCUT2D eigenvalue weighted by Crippen LogP contribution is 2.65. The minimum absolute atomic E-state index is 0.0415. The van der Waals surface area contributed by atoms with E-state index in [9.17, 15) is 4.79 Å². The van der Waals surface area contributed by atoms with Gasteiger partial charge in [0, 0.05) is 12.1 Å². The Morgan fingerprint density at radius 2 is 1.70 bits per heavy atom. The van der Waals surface area contributed by atoms with Crippen molar-refractivity contribution in [3.8, 4) is 0 Å². The second kappa shape index (κ2) is 8.34. The van der Waals surface area contributed by atoms with Gasteiger partial charge in [-0.25, -0.2) is 0 Å². The van der Waals surface area contributed by atoms with Crippen molar-refractivity contribution in [3.63, 3.8) is 0 Å². The number of hydrogen-bond acceptors (Lipinski definition) is 3. The topological polar surface area (TPSA) is 29.5 Å². The summed E-state index contributed by atoms with van der Waals surface area (Å²) in [5.74, 6) is 1.34. The maximum absolute atomic E-state index is 12.8. The number of benzene rings is 1. The monoisotopic (exact) mass is 369 g/mol. The average Bonchev–Trinajstić information content (AvgIpc) is 3.13. The number of esters is 1. The fourth-order valence-electron chi connectivity index (χ4n) is 6.32. The van der Waals surface area contributed by atoms with Gasteiger partial charge in [-0.15, -0.1) is 0 Å². The van der Waals surface area contributed by atoms with Crippen molar-refractivity contribution >= 4 is 5.97 Å². The molecule has 3 atom stereocenters. The molecule has 0 aromatic heterocycles. The van der Waals surface area contributed by atoms with Gasteiger partial charge in [0.15, 0.2) is 0 Å². The zero-order chi connectivity index (χ0) is 18.7. The lowest BCUT2D eigenvalue weighted by atomic mass is 9.88. The quantitative estimate of drug-likeness (QED) is 0.684. The lowest BCUT2D eigenvalue weighted by molar-refractivity contribution is -0.143. The third kappa shape index (κ3) is 3.68. The van der Waals surface area contributed by atoms with Crippen LogP contribution in [0.3, 0.4) is 0 Å². The summed E-state index contributed by atoms with van der Waals surface area (Å²) < 4.78 is 5.30. The van der Waals surface area contributed by atoms with Crippen LogP contribution >= 0.6 is 0 Å². The summed E-state index contributed by atoms with van der Waals surface area (Å²) in [4.78, 5) is 15.4. The molecule has 2 aliphatic carbocycles. The lowest BCUT2D eigenvalue weighted by Gasteiger charge is -2.28. The van der Waals surface area contributed by atoms with Crippen LogP contribution in [0.15, 0.2) is 30.3 Å². The van der Waals surface area contributed by atoms with Crippen LogP contribution in [-0.4, -0.2) is 30.1 Å². The Morgan fingerprint density at radius 1 is 1.04 bits per heavy atom. The fraction of sp³-hybridized carbons (Fsp3) is 0.708. The van der Waals surface area contributed by atoms with Crippen molar-refractivity contribution in [2.24, 2.45) is 17.8 Å². The van der Waals surface area contributed by atoms with Crippen LogP contribution in [0.4, 0.5) is 0 Å². The SMILES string of the molecule is COC(=O)C1C(C2CCCCCCCC2)C12CCCN2Cc1ccccc1. The summed E-state index contributed by atoms with van der Waals surface area (Å²) in [5.41, 5.74) is 1.43. The molecule has 0 N–H and O–H groups in total. The molecular formula is C24H35NO2. The van der Waals surface area contributed by atoms with E-state index in [-0.39, 0.29) is 17.4 Å². The Labute approximate surface area is 164 Å². The first-order valence-corrected chi connectivity index (χ1v) is 11.1. The van der Waals surface area contributed by atoms with Gasteiger partial charge < -0.3 is 4.74 Å². The minimum Gasteiger partial charge on any atom is -0.469 e. The molecule has 27 heavy (non-hydrogen) atoms. The Hall–Kier alpha value is -1.35. The zero-order valence-corrected chi connectivity index (χ0v) is 16.9. The van der Waals surface area contributed by atoms with Gasteiger partial charge in [-0.05, 0) is 36.8 Å². The molecule has 148 valence electrons. The van der Waals surface area contributed by atoms with E-state index in [0.717, 1.165) is 13.1 Å². The van der Waals surface area contributed by atoms with Gasteiger partial charge in [-0.2, -0.15) is 0 Å². The molecule has 3 heteroatoms. The number of rotatable bonds is 4. The minimum atomic E-state index is 0.0415. The number of likely N-dealkylation sites (tertiary alicyclic amines) is 1. The number of methoxy groups -OCH3 is 1. The van der Waals surface area contributed by atoms with Gasteiger partial charge in [0.2, 0.25) is 0 Å². The van der Waals surface area contributed by atoms with E-state index in [0.29, 0.717) is 11.8 Å². The third-order valence-corrected chi connectivity index (χ3v) is 7.54. The number of hydrogen-bond donors (Lipinski definition) is 0. The summed E-state index contributed by atoms with van der Waals surface area (Å²) in [6.45, 7) is 2.09. The van der Waals surface area contributed by atoms with E-state index in [1.165, 1.54) is 69.8 Å². The molecular weight excluding hydrogens is 334 g/mol. The largest absolute Gasteiger partial charge is 0.469 e. The van der Waals surface area contributed by atoms with Gasteiger partial charge in [-0.1, -0.05) is 81.7 Å². The first-order valence-electron chi connectivity index (χ1n) is 11.1. The molecule has 0 bridgehead atoms. The highest BCUT2D eigenvalue weighted by atomic mass is 16.5. The van der Waals surface area contributed by atoms with E-state index in [2.05, 4.69) is 35.2 Å². The molecule has 1 spiro atoms. The molecule has 0 radical (unpaired) electrons. The third-order valence-electron chi connectivity index (χ3n) is 7.54. The van der Waals surface area contributed by atoms with Crippen LogP contribution in [0.2, 0.25) is 0 Å². The number of carbonyl (C=O) groups is 1. The first kappa shape index (κ1) is 19.0. The number of ether oxygens (including phenoxy) is 1. The maximum atomic E-state index is 12.8. The van der Waals surface area contributed by atoms with E-state index in [1.54, 1.807) is 7.11 Å². The normalized spacial score (nSPS) is 32.6. The standard InChI is InChI=1S/C24H35NO2/c1-27-23(26)22-21(20-14-9-4-2-3-5-10-15-20)24(22)16-11-17-25(24)18-19-12-7-6-8-13-19/h6-8,12-13,20-22H,2-5,9-11,14-18H2,1H3. The van der Waals surface area contributed by atoms with Crippen molar-refractivity contribution in [1.29, 1.82) is 0 Å². The second-order valence-corrected chi connectivity index (χ2v) is 8.99. The molecule has 3 nitrogen and oxygen atoms in total. The van der Waals surface area contributed by atoms with Gasteiger partial charge in [0.25, 0.3) is 0 Å². The summed E-state index contributed by atoms with van der Waals surface area (Å²) >= 11 is 0. The highest BCUT2D eigenvalue weighted by molar-refractivity contribution is 5.79. The summed E-state index contributed by atoms with van der Waals surface area (Å²) in [6, 6.07) is 10.8. The van der Waals surface area contributed by atoms with E-state index in [1.807, 2.05) is 0 Å². The molecule has 2 saturated carbocycles. The van der Waals surface area contributed by atoms with Crippen molar-refractivity contribution in [3.05, 3.63) is 35.9 Å². The van der Waals surface area contributed by atoms with Gasteiger partial charge in [0.05, 0.1) is 13.0 Å². The van der Waals surface area contributed by atoms with Crippen molar-refractivity contribution in [2.45, 2.75) is 76.3 Å². The van der Waals surface area contributed by atoms with Crippen molar-refractivity contribution < 1.29 is 9.53 Å². The van der Waals surface area contributed by atoms with Crippen molar-refractivity contribution in [2.75, 3.05) is 13.7 Å². The molecule has 1 heterocycles.